The van der Waals surface area contributed by atoms with E-state index in [9.17, 15) is 4.79 Å². The van der Waals surface area contributed by atoms with Gasteiger partial charge in [-0.2, -0.15) is 0 Å². The summed E-state index contributed by atoms with van der Waals surface area (Å²) in [6.07, 6.45) is 8.39. The third-order valence-corrected chi connectivity index (χ3v) is 4.19. The summed E-state index contributed by atoms with van der Waals surface area (Å²) in [6.45, 7) is 2.69. The molecule has 98 valence electrons. The number of methoxy groups -OCH3 is 1. The number of likely N-dealkylation sites (tertiary alicyclic amines) is 1. The summed E-state index contributed by atoms with van der Waals surface area (Å²) in [6, 6.07) is 0. The molecule has 0 radical (unpaired) electrons. The molecule has 3 nitrogen and oxygen atoms in total. The van der Waals surface area contributed by atoms with Gasteiger partial charge in [-0.25, -0.2) is 0 Å². The zero-order chi connectivity index (χ0) is 12.1. The first-order chi connectivity index (χ1) is 8.31. The number of rotatable bonds is 3. The van der Waals surface area contributed by atoms with Crippen LogP contribution in [0.15, 0.2) is 0 Å². The average Bonchev–Trinajstić information content (AvgIpc) is 2.40. The third kappa shape index (κ3) is 3.44. The first-order valence-corrected chi connectivity index (χ1v) is 7.09. The molecule has 0 N–H and O–H groups in total. The minimum atomic E-state index is 0.324. The number of ether oxygens (including phenoxy) is 1. The average molecular weight is 239 g/mol. The van der Waals surface area contributed by atoms with E-state index in [4.69, 9.17) is 4.74 Å². The molecule has 1 amide bonds. The second kappa shape index (κ2) is 6.39. The zero-order valence-electron chi connectivity index (χ0n) is 11.0. The molecule has 2 aliphatic rings. The highest BCUT2D eigenvalue weighted by Crippen LogP contribution is 2.27. The van der Waals surface area contributed by atoms with Crippen molar-refractivity contribution in [1.29, 1.82) is 0 Å². The van der Waals surface area contributed by atoms with Crippen LogP contribution < -0.4 is 0 Å². The monoisotopic (exact) mass is 239 g/mol. The quantitative estimate of drug-likeness (QED) is 0.757. The van der Waals surface area contributed by atoms with Crippen LogP contribution in [-0.4, -0.2) is 37.6 Å². The Morgan fingerprint density at radius 3 is 2.65 bits per heavy atom. The van der Waals surface area contributed by atoms with E-state index in [1.807, 2.05) is 0 Å². The molecular weight excluding hydrogens is 214 g/mol. The molecule has 2 fully saturated rings. The van der Waals surface area contributed by atoms with Crippen LogP contribution in [0.5, 0.6) is 0 Å². The summed E-state index contributed by atoms with van der Waals surface area (Å²) >= 11 is 0. The van der Waals surface area contributed by atoms with E-state index in [-0.39, 0.29) is 0 Å². The third-order valence-electron chi connectivity index (χ3n) is 4.19. The van der Waals surface area contributed by atoms with Crippen molar-refractivity contribution in [3.05, 3.63) is 0 Å². The van der Waals surface area contributed by atoms with Crippen LogP contribution in [0, 0.1) is 11.8 Å². The number of amides is 1. The molecule has 17 heavy (non-hydrogen) atoms. The lowest BCUT2D eigenvalue weighted by Gasteiger charge is -2.35. The minimum absolute atomic E-state index is 0.324. The van der Waals surface area contributed by atoms with Gasteiger partial charge in [-0.1, -0.05) is 19.3 Å². The fourth-order valence-electron chi connectivity index (χ4n) is 3.24. The Balaban J connectivity index is 1.85. The van der Waals surface area contributed by atoms with E-state index in [1.54, 1.807) is 7.11 Å². The fourth-order valence-corrected chi connectivity index (χ4v) is 3.24. The van der Waals surface area contributed by atoms with Crippen LogP contribution >= 0.6 is 0 Å². The second-order valence-electron chi connectivity index (χ2n) is 5.58. The van der Waals surface area contributed by atoms with E-state index in [0.29, 0.717) is 17.7 Å². The van der Waals surface area contributed by atoms with Gasteiger partial charge in [0.1, 0.15) is 0 Å². The van der Waals surface area contributed by atoms with Gasteiger partial charge in [0, 0.05) is 26.1 Å². The van der Waals surface area contributed by atoms with Crippen molar-refractivity contribution in [2.24, 2.45) is 11.8 Å². The van der Waals surface area contributed by atoms with Crippen LogP contribution in [0.1, 0.15) is 44.9 Å². The lowest BCUT2D eigenvalue weighted by Crippen LogP contribution is -2.44. The highest BCUT2D eigenvalue weighted by atomic mass is 16.5. The van der Waals surface area contributed by atoms with Crippen molar-refractivity contribution in [3.8, 4) is 0 Å². The van der Waals surface area contributed by atoms with E-state index < -0.39 is 0 Å². The van der Waals surface area contributed by atoms with Crippen LogP contribution in [0.2, 0.25) is 0 Å². The van der Waals surface area contributed by atoms with Crippen molar-refractivity contribution < 1.29 is 9.53 Å². The fraction of sp³-hybridized carbons (Fsp3) is 0.929. The lowest BCUT2D eigenvalue weighted by atomic mass is 9.87. The van der Waals surface area contributed by atoms with Gasteiger partial charge in [0.2, 0.25) is 5.91 Å². The Labute approximate surface area is 105 Å². The molecule has 0 aromatic carbocycles. The molecule has 1 atom stereocenters. The van der Waals surface area contributed by atoms with E-state index >= 15 is 0 Å². The number of carbonyl (C=O) groups is 1. The summed E-state index contributed by atoms with van der Waals surface area (Å²) < 4.78 is 5.22. The van der Waals surface area contributed by atoms with Gasteiger partial charge in [-0.05, 0) is 31.6 Å². The summed E-state index contributed by atoms with van der Waals surface area (Å²) in [5, 5.41) is 0. The number of hydrogen-bond acceptors (Lipinski definition) is 2. The largest absolute Gasteiger partial charge is 0.384 e. The van der Waals surface area contributed by atoms with Crippen molar-refractivity contribution in [2.75, 3.05) is 26.8 Å². The Bertz CT molecular complexity index is 247. The predicted octanol–water partition coefficient (Wildman–Crippen LogP) is 2.45. The Morgan fingerprint density at radius 1 is 1.18 bits per heavy atom. The van der Waals surface area contributed by atoms with Gasteiger partial charge in [0.15, 0.2) is 0 Å². The van der Waals surface area contributed by atoms with E-state index in [0.717, 1.165) is 39.0 Å². The molecule has 1 aliphatic carbocycles. The van der Waals surface area contributed by atoms with Crippen molar-refractivity contribution in [2.45, 2.75) is 44.9 Å². The molecule has 0 spiro atoms. The Kier molecular flexibility index (Phi) is 4.84. The first-order valence-electron chi connectivity index (χ1n) is 7.09. The number of hydrogen-bond donors (Lipinski definition) is 0. The molecule has 3 heteroatoms. The molecule has 1 aliphatic heterocycles. The van der Waals surface area contributed by atoms with Gasteiger partial charge >= 0.3 is 0 Å². The van der Waals surface area contributed by atoms with E-state index in [2.05, 4.69) is 4.90 Å². The van der Waals surface area contributed by atoms with Gasteiger partial charge in [-0.3, -0.25) is 4.79 Å². The van der Waals surface area contributed by atoms with Crippen LogP contribution in [-0.2, 0) is 9.53 Å². The van der Waals surface area contributed by atoms with E-state index in [1.165, 1.54) is 25.7 Å². The molecule has 1 saturated heterocycles. The zero-order valence-corrected chi connectivity index (χ0v) is 11.0. The molecule has 1 heterocycles. The molecule has 2 rings (SSSR count). The predicted molar refractivity (Wildman–Crippen MR) is 67.8 cm³/mol. The first kappa shape index (κ1) is 12.9. The maximum atomic E-state index is 12.4. The second-order valence-corrected chi connectivity index (χ2v) is 5.58. The number of piperidine rings is 1. The summed E-state index contributed by atoms with van der Waals surface area (Å²) in [4.78, 5) is 14.5. The molecule has 0 aromatic rings. The highest BCUT2D eigenvalue weighted by Gasteiger charge is 2.29. The molecule has 0 bridgehead atoms. The minimum Gasteiger partial charge on any atom is -0.384 e. The van der Waals surface area contributed by atoms with Gasteiger partial charge in [-0.15, -0.1) is 0 Å². The normalized spacial score (nSPS) is 27.1. The number of nitrogens with zero attached hydrogens (tertiary/aromatic N) is 1. The molecular formula is C14H25NO2. The van der Waals surface area contributed by atoms with Crippen LogP contribution in [0.25, 0.3) is 0 Å². The summed E-state index contributed by atoms with van der Waals surface area (Å²) in [7, 11) is 1.75. The van der Waals surface area contributed by atoms with Gasteiger partial charge < -0.3 is 9.64 Å². The smallest absolute Gasteiger partial charge is 0.225 e. The van der Waals surface area contributed by atoms with Crippen molar-refractivity contribution in [1.82, 2.24) is 4.90 Å². The maximum absolute atomic E-state index is 12.4. The van der Waals surface area contributed by atoms with Crippen LogP contribution in [0.3, 0.4) is 0 Å². The SMILES string of the molecule is COCC1CCCN(C(=O)C2CCCCC2)C1. The van der Waals surface area contributed by atoms with Crippen LogP contribution in [0.4, 0.5) is 0 Å². The Morgan fingerprint density at radius 2 is 1.94 bits per heavy atom. The molecule has 1 saturated carbocycles. The standard InChI is InChI=1S/C14H25NO2/c1-17-11-12-6-5-9-15(10-12)14(16)13-7-3-2-4-8-13/h12-13H,2-11H2,1H3. The lowest BCUT2D eigenvalue weighted by molar-refractivity contribution is -0.138. The maximum Gasteiger partial charge on any atom is 0.225 e. The topological polar surface area (TPSA) is 29.5 Å². The van der Waals surface area contributed by atoms with Gasteiger partial charge in [0.25, 0.3) is 0 Å². The summed E-state index contributed by atoms with van der Waals surface area (Å²) in [5.41, 5.74) is 0. The molecule has 0 aromatic heterocycles. The molecule has 1 unspecified atom stereocenters. The Hall–Kier alpha value is -0.570. The van der Waals surface area contributed by atoms with Crippen molar-refractivity contribution in [3.63, 3.8) is 0 Å². The number of carbonyl (C=O) groups excluding carboxylic acids is 1. The highest BCUT2D eigenvalue weighted by molar-refractivity contribution is 5.79. The summed E-state index contributed by atoms with van der Waals surface area (Å²) in [5.74, 6) is 1.30. The van der Waals surface area contributed by atoms with Gasteiger partial charge in [0.05, 0.1) is 6.61 Å². The van der Waals surface area contributed by atoms with Crippen molar-refractivity contribution >= 4 is 5.91 Å².